The van der Waals surface area contributed by atoms with Crippen LogP contribution in [0.1, 0.15) is 36.1 Å². The van der Waals surface area contributed by atoms with Gasteiger partial charge in [-0.1, -0.05) is 66.2 Å². The molecule has 0 aromatic heterocycles. The minimum absolute atomic E-state index is 0.246. The Hall–Kier alpha value is -1.93. The maximum Gasteiger partial charge on any atom is 0.102 e. The smallest absolute Gasteiger partial charge is 0.102 e. The lowest BCUT2D eigenvalue weighted by atomic mass is 9.88. The first-order valence-electron chi connectivity index (χ1n) is 7.72. The summed E-state index contributed by atoms with van der Waals surface area (Å²) in [7, 11) is 0. The van der Waals surface area contributed by atoms with Gasteiger partial charge >= 0.3 is 0 Å². The average molecular weight is 298 g/mol. The third kappa shape index (κ3) is 4.28. The fourth-order valence-corrected chi connectivity index (χ4v) is 2.62. The fraction of sp³-hybridized carbons (Fsp3) is 0.300. The molecule has 0 saturated carbocycles. The molecule has 0 heterocycles. The van der Waals surface area contributed by atoms with E-state index < -0.39 is 12.0 Å². The van der Waals surface area contributed by atoms with Crippen molar-refractivity contribution in [2.75, 3.05) is 0 Å². The minimum Gasteiger partial charge on any atom is -0.388 e. The molecule has 1 nitrogen and oxygen atoms in total. The van der Waals surface area contributed by atoms with Gasteiger partial charge < -0.3 is 5.11 Å². The summed E-state index contributed by atoms with van der Waals surface area (Å²) in [5, 5.41) is 10.6. The van der Waals surface area contributed by atoms with E-state index in [2.05, 4.69) is 0 Å². The van der Waals surface area contributed by atoms with Crippen molar-refractivity contribution in [1.29, 1.82) is 0 Å². The number of aliphatic hydroxyl groups is 1. The van der Waals surface area contributed by atoms with Crippen molar-refractivity contribution in [3.63, 3.8) is 0 Å². The predicted octanol–water partition coefficient (Wildman–Crippen LogP) is 5.15. The highest BCUT2D eigenvalue weighted by atomic mass is 19.1. The lowest BCUT2D eigenvalue weighted by Crippen LogP contribution is -2.15. The summed E-state index contributed by atoms with van der Waals surface area (Å²) in [6.45, 7) is 3.67. The third-order valence-electron chi connectivity index (χ3n) is 4.02. The zero-order valence-electron chi connectivity index (χ0n) is 13.2. The second-order valence-electron chi connectivity index (χ2n) is 5.66. The van der Waals surface area contributed by atoms with Crippen LogP contribution in [0.2, 0.25) is 0 Å². The zero-order chi connectivity index (χ0) is 15.9. The molecule has 0 aliphatic rings. The number of benzene rings is 2. The van der Waals surface area contributed by atoms with Crippen LogP contribution in [0.3, 0.4) is 0 Å². The first kappa shape index (κ1) is 16.4. The van der Waals surface area contributed by atoms with E-state index in [0.29, 0.717) is 6.42 Å². The number of allylic oxidation sites excluding steroid dienone is 1. The number of hydrogen-bond acceptors (Lipinski definition) is 1. The maximum absolute atomic E-state index is 14.2. The lowest BCUT2D eigenvalue weighted by molar-refractivity contribution is 0.109. The molecular weight excluding hydrogens is 275 g/mol. The molecule has 0 bridgehead atoms. The van der Waals surface area contributed by atoms with E-state index in [-0.39, 0.29) is 5.83 Å². The zero-order valence-corrected chi connectivity index (χ0v) is 13.2. The molecule has 0 spiro atoms. The summed E-state index contributed by atoms with van der Waals surface area (Å²) in [5.41, 5.74) is 3.05. The van der Waals surface area contributed by atoms with Crippen LogP contribution in [0, 0.1) is 12.8 Å². The topological polar surface area (TPSA) is 20.2 Å². The Bertz CT molecular complexity index is 601. The number of halogens is 1. The highest BCUT2D eigenvalue weighted by molar-refractivity contribution is 5.25. The molecule has 0 fully saturated rings. The van der Waals surface area contributed by atoms with E-state index >= 15 is 0 Å². The number of hydrogen-bond donors (Lipinski definition) is 1. The molecule has 0 unspecified atom stereocenters. The van der Waals surface area contributed by atoms with Crippen molar-refractivity contribution in [3.8, 4) is 0 Å². The van der Waals surface area contributed by atoms with E-state index in [1.807, 2.05) is 61.5 Å². The Morgan fingerprint density at radius 1 is 1.09 bits per heavy atom. The van der Waals surface area contributed by atoms with Crippen LogP contribution in [0.4, 0.5) is 4.39 Å². The van der Waals surface area contributed by atoms with Gasteiger partial charge in [0.25, 0.3) is 0 Å². The molecule has 0 saturated heterocycles. The third-order valence-corrected chi connectivity index (χ3v) is 4.02. The van der Waals surface area contributed by atoms with Crippen LogP contribution in [-0.4, -0.2) is 5.11 Å². The van der Waals surface area contributed by atoms with Gasteiger partial charge in [0.05, 0.1) is 6.10 Å². The molecule has 2 heteroatoms. The van der Waals surface area contributed by atoms with Gasteiger partial charge in [0, 0.05) is 5.92 Å². The first-order chi connectivity index (χ1) is 10.6. The molecule has 116 valence electrons. The van der Waals surface area contributed by atoms with Gasteiger partial charge in [-0.25, -0.2) is 4.39 Å². The van der Waals surface area contributed by atoms with Crippen molar-refractivity contribution in [2.24, 2.45) is 5.92 Å². The monoisotopic (exact) mass is 298 g/mol. The maximum atomic E-state index is 14.2. The molecule has 22 heavy (non-hydrogen) atoms. The van der Waals surface area contributed by atoms with Crippen molar-refractivity contribution >= 4 is 0 Å². The van der Waals surface area contributed by atoms with Gasteiger partial charge in [-0.05, 0) is 37.8 Å². The molecule has 0 aliphatic heterocycles. The van der Waals surface area contributed by atoms with Crippen molar-refractivity contribution in [3.05, 3.63) is 83.2 Å². The van der Waals surface area contributed by atoms with Crippen LogP contribution in [0.5, 0.6) is 0 Å². The van der Waals surface area contributed by atoms with Crippen LogP contribution >= 0.6 is 0 Å². The van der Waals surface area contributed by atoms with Crippen molar-refractivity contribution < 1.29 is 9.50 Å². The van der Waals surface area contributed by atoms with E-state index in [1.165, 1.54) is 6.08 Å². The molecule has 2 atom stereocenters. The quantitative estimate of drug-likeness (QED) is 0.782. The highest BCUT2D eigenvalue weighted by Crippen LogP contribution is 2.32. The highest BCUT2D eigenvalue weighted by Gasteiger charge is 2.24. The van der Waals surface area contributed by atoms with E-state index in [1.54, 1.807) is 6.92 Å². The molecule has 1 N–H and O–H groups in total. The van der Waals surface area contributed by atoms with E-state index in [0.717, 1.165) is 23.1 Å². The average Bonchev–Trinajstić information content (AvgIpc) is 2.56. The summed E-state index contributed by atoms with van der Waals surface area (Å²) in [6, 6.07) is 17.6. The largest absolute Gasteiger partial charge is 0.388 e. The molecule has 0 radical (unpaired) electrons. The second-order valence-corrected chi connectivity index (χ2v) is 5.66. The predicted molar refractivity (Wildman–Crippen MR) is 89.3 cm³/mol. The first-order valence-corrected chi connectivity index (χ1v) is 7.72. The second kappa shape index (κ2) is 7.90. The summed E-state index contributed by atoms with van der Waals surface area (Å²) < 4.78 is 14.2. The summed E-state index contributed by atoms with van der Waals surface area (Å²) in [6.07, 6.45) is 1.96. The molecular formula is C20H23FO. The van der Waals surface area contributed by atoms with Crippen molar-refractivity contribution in [1.82, 2.24) is 0 Å². The Labute approximate surface area is 132 Å². The Balaban J connectivity index is 2.13. The van der Waals surface area contributed by atoms with Crippen LogP contribution in [-0.2, 0) is 6.42 Å². The minimum atomic E-state index is -0.819. The van der Waals surface area contributed by atoms with Gasteiger partial charge in [-0.3, -0.25) is 0 Å². The Morgan fingerprint density at radius 2 is 1.73 bits per heavy atom. The molecule has 2 rings (SSSR count). The van der Waals surface area contributed by atoms with Gasteiger partial charge in [0.2, 0.25) is 0 Å². The van der Waals surface area contributed by atoms with Crippen molar-refractivity contribution in [2.45, 2.75) is 32.8 Å². The summed E-state index contributed by atoms with van der Waals surface area (Å²) in [4.78, 5) is 0. The molecule has 0 amide bonds. The summed E-state index contributed by atoms with van der Waals surface area (Å²) in [5.74, 6) is -0.753. The molecule has 2 aromatic carbocycles. The normalized spacial score (nSPS) is 14.6. The fourth-order valence-electron chi connectivity index (χ4n) is 2.62. The van der Waals surface area contributed by atoms with Crippen LogP contribution in [0.15, 0.2) is 66.5 Å². The Morgan fingerprint density at radius 3 is 2.32 bits per heavy atom. The van der Waals surface area contributed by atoms with Crippen LogP contribution in [0.25, 0.3) is 0 Å². The van der Waals surface area contributed by atoms with E-state index in [9.17, 15) is 9.50 Å². The van der Waals surface area contributed by atoms with Gasteiger partial charge in [-0.15, -0.1) is 0 Å². The molecule has 0 aliphatic carbocycles. The number of rotatable bonds is 6. The van der Waals surface area contributed by atoms with E-state index in [4.69, 9.17) is 0 Å². The standard InChI is InChI=1S/C20H23FO/c1-3-19(21)18(14-11-16-7-5-4-6-8-16)20(22)17-12-9-15(2)10-13-17/h3-10,12-13,18,20,22H,11,14H2,1-2H3/b19-3-/t18-,20+/m1/s1. The SMILES string of the molecule is C/C=C(\F)[C@@H](CCc1ccccc1)[C@@H](O)c1ccc(C)cc1. The van der Waals surface area contributed by atoms with Crippen LogP contribution < -0.4 is 0 Å². The number of aryl methyl sites for hydroxylation is 2. The lowest BCUT2D eigenvalue weighted by Gasteiger charge is -2.22. The summed E-state index contributed by atoms with van der Waals surface area (Å²) >= 11 is 0. The van der Waals surface area contributed by atoms with Gasteiger partial charge in [-0.2, -0.15) is 0 Å². The molecule has 2 aromatic rings. The number of aliphatic hydroxyl groups excluding tert-OH is 1. The Kier molecular flexibility index (Phi) is 5.91. The van der Waals surface area contributed by atoms with Gasteiger partial charge in [0.15, 0.2) is 0 Å². The van der Waals surface area contributed by atoms with Gasteiger partial charge in [0.1, 0.15) is 5.83 Å².